The largest absolute Gasteiger partial charge is 0.469 e. The molecular formula is C24H32N2O4. The van der Waals surface area contributed by atoms with E-state index in [4.69, 9.17) is 9.47 Å². The minimum atomic E-state index is -0.524. The molecule has 0 bridgehead atoms. The first-order valence-corrected chi connectivity index (χ1v) is 10.2. The number of hydrogen-bond donors (Lipinski definition) is 1. The van der Waals surface area contributed by atoms with E-state index >= 15 is 0 Å². The number of alkyl carbamates (subject to hydrolysis) is 1. The van der Waals surface area contributed by atoms with Crippen molar-refractivity contribution in [2.75, 3.05) is 13.7 Å². The Morgan fingerprint density at radius 2 is 1.87 bits per heavy atom. The van der Waals surface area contributed by atoms with E-state index in [1.165, 1.54) is 7.11 Å². The van der Waals surface area contributed by atoms with E-state index in [9.17, 15) is 9.59 Å². The average Bonchev–Trinajstić information content (AvgIpc) is 2.67. The second-order valence-corrected chi connectivity index (χ2v) is 8.48. The molecule has 0 saturated carbocycles. The van der Waals surface area contributed by atoms with Crippen LogP contribution in [0.3, 0.4) is 0 Å². The number of carbonyl (C=O) groups excluding carboxylic acids is 2. The van der Waals surface area contributed by atoms with E-state index < -0.39 is 11.7 Å². The molecule has 162 valence electrons. The summed E-state index contributed by atoms with van der Waals surface area (Å²) in [6, 6.07) is 10.3. The molecule has 2 rings (SSSR count). The van der Waals surface area contributed by atoms with Crippen LogP contribution < -0.4 is 5.32 Å². The van der Waals surface area contributed by atoms with Crippen molar-refractivity contribution in [3.63, 3.8) is 0 Å². The summed E-state index contributed by atoms with van der Waals surface area (Å²) in [5.74, 6) is -0.197. The minimum Gasteiger partial charge on any atom is -0.469 e. The lowest BCUT2D eigenvalue weighted by molar-refractivity contribution is -0.140. The molecule has 6 heteroatoms. The Bertz CT molecular complexity index is 844. The van der Waals surface area contributed by atoms with Crippen molar-refractivity contribution in [2.24, 2.45) is 0 Å². The van der Waals surface area contributed by atoms with Crippen LogP contribution in [0.2, 0.25) is 0 Å². The summed E-state index contributed by atoms with van der Waals surface area (Å²) >= 11 is 0. The van der Waals surface area contributed by atoms with Gasteiger partial charge in [0, 0.05) is 18.9 Å². The van der Waals surface area contributed by atoms with Gasteiger partial charge in [0.15, 0.2) is 0 Å². The highest BCUT2D eigenvalue weighted by Crippen LogP contribution is 2.24. The van der Waals surface area contributed by atoms with E-state index in [2.05, 4.69) is 28.5 Å². The predicted octanol–water partition coefficient (Wildman–Crippen LogP) is 4.41. The molecular weight excluding hydrogens is 380 g/mol. The standard InChI is InChI=1S/C24H32N2O4/c1-17(11-22(27)29-5)21-14-18(8-10-26-23(28)30-24(2,3)4)12-20(15-21)13-19-7-6-9-25-16-19/h6-7,9,12,14-17H,8,10-11,13H2,1-5H3,(H,26,28). The van der Waals surface area contributed by atoms with E-state index in [0.29, 0.717) is 19.4 Å². The summed E-state index contributed by atoms with van der Waals surface area (Å²) in [7, 11) is 1.40. The Kier molecular flexibility index (Phi) is 8.39. The number of nitrogens with zero attached hydrogens (tertiary/aromatic N) is 1. The molecule has 0 fully saturated rings. The summed E-state index contributed by atoms with van der Waals surface area (Å²) in [4.78, 5) is 27.8. The number of amides is 1. The summed E-state index contributed by atoms with van der Waals surface area (Å²) in [6.45, 7) is 8.00. The van der Waals surface area contributed by atoms with Crippen molar-refractivity contribution in [1.29, 1.82) is 0 Å². The monoisotopic (exact) mass is 412 g/mol. The molecule has 0 aliphatic carbocycles. The summed E-state index contributed by atoms with van der Waals surface area (Å²) in [5.41, 5.74) is 3.91. The predicted molar refractivity (Wildman–Crippen MR) is 116 cm³/mol. The number of esters is 1. The van der Waals surface area contributed by atoms with Gasteiger partial charge in [-0.25, -0.2) is 4.79 Å². The Hall–Kier alpha value is -2.89. The number of aromatic nitrogens is 1. The molecule has 1 aromatic heterocycles. The second-order valence-electron chi connectivity index (χ2n) is 8.48. The molecule has 2 aromatic rings. The molecule has 0 aliphatic heterocycles. The fourth-order valence-electron chi connectivity index (χ4n) is 3.13. The second kappa shape index (κ2) is 10.8. The number of ether oxygens (including phenoxy) is 2. The zero-order valence-corrected chi connectivity index (χ0v) is 18.5. The fourth-order valence-corrected chi connectivity index (χ4v) is 3.13. The van der Waals surface area contributed by atoms with Crippen LogP contribution in [0.25, 0.3) is 0 Å². The third-order valence-corrected chi connectivity index (χ3v) is 4.56. The maximum absolute atomic E-state index is 11.9. The highest BCUT2D eigenvalue weighted by atomic mass is 16.6. The number of rotatable bonds is 8. The van der Waals surface area contributed by atoms with Crippen molar-refractivity contribution in [3.8, 4) is 0 Å². The van der Waals surface area contributed by atoms with Gasteiger partial charge in [0.25, 0.3) is 0 Å². The normalized spacial score (nSPS) is 12.2. The molecule has 1 heterocycles. The molecule has 0 radical (unpaired) electrons. The molecule has 1 aromatic carbocycles. The molecule has 1 atom stereocenters. The van der Waals surface area contributed by atoms with Crippen LogP contribution in [0.4, 0.5) is 4.79 Å². The Morgan fingerprint density at radius 3 is 2.50 bits per heavy atom. The number of nitrogens with one attached hydrogen (secondary N) is 1. The van der Waals surface area contributed by atoms with Gasteiger partial charge in [0.1, 0.15) is 5.60 Å². The van der Waals surface area contributed by atoms with Gasteiger partial charge in [-0.1, -0.05) is 31.2 Å². The van der Waals surface area contributed by atoms with Crippen LogP contribution in [0, 0.1) is 0 Å². The van der Waals surface area contributed by atoms with Gasteiger partial charge in [0.2, 0.25) is 0 Å². The lowest BCUT2D eigenvalue weighted by atomic mass is 9.91. The summed E-state index contributed by atoms with van der Waals surface area (Å²) in [6.07, 6.45) is 4.92. The van der Waals surface area contributed by atoms with Gasteiger partial charge in [-0.2, -0.15) is 0 Å². The number of pyridine rings is 1. The SMILES string of the molecule is COC(=O)CC(C)c1cc(CCNC(=O)OC(C)(C)C)cc(Cc2cccnc2)c1. The third-order valence-electron chi connectivity index (χ3n) is 4.56. The van der Waals surface area contributed by atoms with E-state index in [-0.39, 0.29) is 11.9 Å². The molecule has 1 unspecified atom stereocenters. The highest BCUT2D eigenvalue weighted by molar-refractivity contribution is 5.70. The number of methoxy groups -OCH3 is 1. The molecule has 30 heavy (non-hydrogen) atoms. The number of benzene rings is 1. The Balaban J connectivity index is 2.14. The van der Waals surface area contributed by atoms with Crippen molar-refractivity contribution in [3.05, 3.63) is 65.0 Å². The first kappa shape index (κ1) is 23.4. The van der Waals surface area contributed by atoms with E-state index in [1.54, 1.807) is 6.20 Å². The third kappa shape index (κ3) is 8.23. The first-order valence-electron chi connectivity index (χ1n) is 10.2. The molecule has 1 N–H and O–H groups in total. The lowest BCUT2D eigenvalue weighted by Crippen LogP contribution is -2.33. The molecule has 0 saturated heterocycles. The molecule has 1 amide bonds. The van der Waals surface area contributed by atoms with Gasteiger partial charge < -0.3 is 14.8 Å². The summed E-state index contributed by atoms with van der Waals surface area (Å²) in [5, 5.41) is 2.80. The Labute approximate surface area is 179 Å². The number of carbonyl (C=O) groups is 2. The molecule has 6 nitrogen and oxygen atoms in total. The van der Waals surface area contributed by atoms with Gasteiger partial charge in [0.05, 0.1) is 13.5 Å². The zero-order valence-electron chi connectivity index (χ0n) is 18.5. The van der Waals surface area contributed by atoms with Crippen molar-refractivity contribution in [2.45, 2.75) is 58.5 Å². The van der Waals surface area contributed by atoms with Crippen molar-refractivity contribution >= 4 is 12.1 Å². The van der Waals surface area contributed by atoms with E-state index in [1.807, 2.05) is 46.0 Å². The van der Waals surface area contributed by atoms with Crippen molar-refractivity contribution in [1.82, 2.24) is 10.3 Å². The minimum absolute atomic E-state index is 0.0314. The van der Waals surface area contributed by atoms with Gasteiger partial charge >= 0.3 is 12.1 Å². The van der Waals surface area contributed by atoms with Gasteiger partial charge in [-0.3, -0.25) is 9.78 Å². The topological polar surface area (TPSA) is 77.5 Å². The van der Waals surface area contributed by atoms with Crippen LogP contribution >= 0.6 is 0 Å². The van der Waals surface area contributed by atoms with Crippen molar-refractivity contribution < 1.29 is 19.1 Å². The van der Waals surface area contributed by atoms with Gasteiger partial charge in [-0.05, 0) is 67.9 Å². The fraction of sp³-hybridized carbons (Fsp3) is 0.458. The average molecular weight is 413 g/mol. The quantitative estimate of drug-likeness (QED) is 0.650. The van der Waals surface area contributed by atoms with Crippen LogP contribution in [0.5, 0.6) is 0 Å². The Morgan fingerprint density at radius 1 is 1.13 bits per heavy atom. The van der Waals surface area contributed by atoms with Crippen LogP contribution in [-0.4, -0.2) is 36.3 Å². The van der Waals surface area contributed by atoms with Crippen LogP contribution in [0.1, 0.15) is 62.3 Å². The summed E-state index contributed by atoms with van der Waals surface area (Å²) < 4.78 is 10.1. The maximum Gasteiger partial charge on any atom is 0.407 e. The molecule has 0 spiro atoms. The van der Waals surface area contributed by atoms with Crippen LogP contribution in [0.15, 0.2) is 42.7 Å². The van der Waals surface area contributed by atoms with Gasteiger partial charge in [-0.15, -0.1) is 0 Å². The van der Waals surface area contributed by atoms with Crippen LogP contribution in [-0.2, 0) is 27.1 Å². The maximum atomic E-state index is 11.9. The smallest absolute Gasteiger partial charge is 0.407 e. The zero-order chi connectivity index (χ0) is 22.1. The molecule has 0 aliphatic rings. The first-order chi connectivity index (χ1) is 14.2. The lowest BCUT2D eigenvalue weighted by Gasteiger charge is -2.20. The number of hydrogen-bond acceptors (Lipinski definition) is 5. The highest BCUT2D eigenvalue weighted by Gasteiger charge is 2.16. The van der Waals surface area contributed by atoms with E-state index in [0.717, 1.165) is 28.7 Å².